The molecule has 3 fully saturated rings. The monoisotopic (exact) mass is 476 g/mol. The number of pyridine rings is 1. The van der Waals surface area contributed by atoms with E-state index in [0.29, 0.717) is 29.5 Å². The number of nitrogens with one attached hydrogen (secondary N) is 1. The second-order valence-corrected chi connectivity index (χ2v) is 10.3. The van der Waals surface area contributed by atoms with Gasteiger partial charge in [-0.1, -0.05) is 0 Å². The van der Waals surface area contributed by atoms with E-state index in [-0.39, 0.29) is 22.6 Å². The molecular weight excluding hydrogens is 444 g/mol. The molecule has 1 N–H and O–H groups in total. The highest BCUT2D eigenvalue weighted by Gasteiger charge is 2.59. The Balaban J connectivity index is 1.47. The van der Waals surface area contributed by atoms with Crippen LogP contribution in [0.25, 0.3) is 11.0 Å². The molecule has 3 saturated carbocycles. The predicted molar refractivity (Wildman–Crippen MR) is 136 cm³/mol. The molecule has 35 heavy (non-hydrogen) atoms. The molecule has 3 aliphatic carbocycles. The number of amides is 1. The van der Waals surface area contributed by atoms with Crippen LogP contribution < -0.4 is 15.6 Å². The number of fused-ring (bicyclic) bond motifs is 1. The van der Waals surface area contributed by atoms with Gasteiger partial charge in [-0.05, 0) is 76.0 Å². The van der Waals surface area contributed by atoms with Crippen molar-refractivity contribution in [3.05, 3.63) is 51.9 Å². The third-order valence-corrected chi connectivity index (χ3v) is 7.09. The van der Waals surface area contributed by atoms with E-state index in [4.69, 9.17) is 9.72 Å². The van der Waals surface area contributed by atoms with Gasteiger partial charge in [0, 0.05) is 37.9 Å². The third-order valence-electron chi connectivity index (χ3n) is 7.09. The summed E-state index contributed by atoms with van der Waals surface area (Å²) in [5, 5.41) is 3.95. The number of rotatable bonds is 8. The zero-order valence-electron chi connectivity index (χ0n) is 21.0. The molecule has 3 aliphatic rings. The van der Waals surface area contributed by atoms with Gasteiger partial charge in [0.05, 0.1) is 5.54 Å². The van der Waals surface area contributed by atoms with Crippen LogP contribution in [0.2, 0.25) is 0 Å². The van der Waals surface area contributed by atoms with Crippen molar-refractivity contribution in [3.8, 4) is 5.75 Å². The van der Waals surface area contributed by atoms with Crippen LogP contribution in [-0.4, -0.2) is 71.6 Å². The summed E-state index contributed by atoms with van der Waals surface area (Å²) in [7, 11) is 7.34. The number of hydrogen-bond acceptors (Lipinski definition) is 7. The summed E-state index contributed by atoms with van der Waals surface area (Å²) in [6, 6.07) is 7.48. The van der Waals surface area contributed by atoms with Crippen molar-refractivity contribution in [2.45, 2.75) is 31.7 Å². The number of likely N-dealkylation sites (N-methyl/N-ethyl adjacent to an activating group) is 1. The lowest BCUT2D eigenvalue weighted by atomic mass is 9.49. The molecule has 0 aliphatic heterocycles. The second-order valence-electron chi connectivity index (χ2n) is 10.3. The highest BCUT2D eigenvalue weighted by molar-refractivity contribution is 5.96. The van der Waals surface area contributed by atoms with Crippen LogP contribution in [0.3, 0.4) is 0 Å². The minimum Gasteiger partial charge on any atom is -0.492 e. The molecule has 9 nitrogen and oxygen atoms in total. The highest BCUT2D eigenvalue weighted by Crippen LogP contribution is 2.62. The highest BCUT2D eigenvalue weighted by atomic mass is 16.5. The molecule has 2 aromatic heterocycles. The Morgan fingerprint density at radius 3 is 2.54 bits per heavy atom. The minimum atomic E-state index is -0.303. The van der Waals surface area contributed by atoms with E-state index in [1.165, 1.54) is 4.90 Å². The van der Waals surface area contributed by atoms with E-state index in [1.54, 1.807) is 30.9 Å². The van der Waals surface area contributed by atoms with Crippen LogP contribution in [0.5, 0.6) is 5.75 Å². The van der Waals surface area contributed by atoms with Gasteiger partial charge in [-0.3, -0.25) is 14.2 Å². The lowest BCUT2D eigenvalue weighted by Crippen LogP contribution is -2.62. The molecule has 2 heterocycles. The Labute approximate surface area is 204 Å². The van der Waals surface area contributed by atoms with Gasteiger partial charge in [0.2, 0.25) is 5.95 Å². The SMILES string of the molecule is Cc1cc(Nc2ncc3cc(C(=O)N(C)C)c(=O)n(C45CC(C4)C5)c3n2)ccc1OCCN(C)C. The first-order chi connectivity index (χ1) is 16.7. The fraction of sp³-hybridized carbons (Fsp3) is 0.462. The van der Waals surface area contributed by atoms with Crippen LogP contribution >= 0.6 is 0 Å². The second kappa shape index (κ2) is 8.64. The number of carbonyl (C=O) groups excluding carboxylic acids is 1. The fourth-order valence-corrected chi connectivity index (χ4v) is 5.05. The maximum absolute atomic E-state index is 13.5. The third kappa shape index (κ3) is 4.14. The Hall–Kier alpha value is -3.46. The number of aryl methyl sites for hydroxylation is 1. The van der Waals surface area contributed by atoms with E-state index in [1.807, 2.05) is 39.2 Å². The molecule has 0 unspecified atom stereocenters. The Bertz CT molecular complexity index is 1350. The van der Waals surface area contributed by atoms with Crippen molar-refractivity contribution in [2.24, 2.45) is 5.92 Å². The van der Waals surface area contributed by atoms with Gasteiger partial charge in [-0.15, -0.1) is 0 Å². The van der Waals surface area contributed by atoms with Gasteiger partial charge in [0.1, 0.15) is 23.6 Å². The van der Waals surface area contributed by atoms with Gasteiger partial charge < -0.3 is 19.9 Å². The van der Waals surface area contributed by atoms with E-state index in [0.717, 1.165) is 42.8 Å². The van der Waals surface area contributed by atoms with Crippen molar-refractivity contribution < 1.29 is 9.53 Å². The van der Waals surface area contributed by atoms with E-state index < -0.39 is 0 Å². The quantitative estimate of drug-likeness (QED) is 0.534. The van der Waals surface area contributed by atoms with E-state index in [9.17, 15) is 9.59 Å². The first-order valence-electron chi connectivity index (χ1n) is 12.0. The summed E-state index contributed by atoms with van der Waals surface area (Å²) < 4.78 is 7.64. The zero-order chi connectivity index (χ0) is 24.9. The van der Waals surface area contributed by atoms with Gasteiger partial charge in [0.15, 0.2) is 0 Å². The van der Waals surface area contributed by atoms with Gasteiger partial charge in [0.25, 0.3) is 11.5 Å². The molecule has 2 bridgehead atoms. The van der Waals surface area contributed by atoms with Crippen molar-refractivity contribution in [3.63, 3.8) is 0 Å². The van der Waals surface area contributed by atoms with E-state index >= 15 is 0 Å². The zero-order valence-corrected chi connectivity index (χ0v) is 21.0. The number of hydrogen-bond donors (Lipinski definition) is 1. The number of aromatic nitrogens is 3. The smallest absolute Gasteiger partial charge is 0.265 e. The van der Waals surface area contributed by atoms with Gasteiger partial charge >= 0.3 is 0 Å². The van der Waals surface area contributed by atoms with Crippen molar-refractivity contribution in [2.75, 3.05) is 46.7 Å². The fourth-order valence-electron chi connectivity index (χ4n) is 5.05. The molecule has 9 heteroatoms. The predicted octanol–water partition coefficient (Wildman–Crippen LogP) is 2.99. The van der Waals surface area contributed by atoms with Crippen LogP contribution in [0.4, 0.5) is 11.6 Å². The number of ether oxygens (including phenoxy) is 1. The molecular formula is C26H32N6O3. The lowest BCUT2D eigenvalue weighted by molar-refractivity contribution is -0.0884. The first-order valence-corrected chi connectivity index (χ1v) is 12.0. The summed E-state index contributed by atoms with van der Waals surface area (Å²) in [6.45, 7) is 3.46. The average Bonchev–Trinajstić information content (AvgIpc) is 2.74. The van der Waals surface area contributed by atoms with Crippen LogP contribution in [0.1, 0.15) is 35.2 Å². The normalized spacial score (nSPS) is 20.3. The van der Waals surface area contributed by atoms with Crippen molar-refractivity contribution in [1.82, 2.24) is 24.3 Å². The Morgan fingerprint density at radius 1 is 1.20 bits per heavy atom. The summed E-state index contributed by atoms with van der Waals surface area (Å²) in [5.41, 5.74) is 2.08. The minimum absolute atomic E-state index is 0.164. The lowest BCUT2D eigenvalue weighted by Gasteiger charge is -2.62. The topological polar surface area (TPSA) is 92.6 Å². The molecule has 1 aromatic carbocycles. The maximum atomic E-state index is 13.5. The molecule has 0 radical (unpaired) electrons. The first kappa shape index (κ1) is 23.3. The molecule has 1 amide bonds. The molecule has 184 valence electrons. The van der Waals surface area contributed by atoms with Crippen LogP contribution in [-0.2, 0) is 5.54 Å². The van der Waals surface area contributed by atoms with Crippen molar-refractivity contribution >= 4 is 28.6 Å². The maximum Gasteiger partial charge on any atom is 0.265 e. The summed E-state index contributed by atoms with van der Waals surface area (Å²) >= 11 is 0. The Morgan fingerprint density at radius 2 is 1.94 bits per heavy atom. The number of benzene rings is 1. The standard InChI is InChI=1S/C26H32N6O3/c1-16-10-19(6-7-21(16)35-9-8-30(2)3)28-25-27-15-18-11-20(23(33)31(4)5)24(34)32(22(18)29-25)26-12-17(13-26)14-26/h6-7,10-11,15,17H,8-9,12-14H2,1-5H3,(H,27,28,29). The number of nitrogens with zero attached hydrogens (tertiary/aromatic N) is 5. The molecule has 3 aromatic rings. The molecule has 6 rings (SSSR count). The molecule has 0 atom stereocenters. The molecule has 0 spiro atoms. The number of carbonyl (C=O) groups is 1. The largest absolute Gasteiger partial charge is 0.492 e. The van der Waals surface area contributed by atoms with Crippen LogP contribution in [0.15, 0.2) is 35.3 Å². The number of anilines is 2. The summed E-state index contributed by atoms with van der Waals surface area (Å²) in [5.74, 6) is 1.62. The Kier molecular flexibility index (Phi) is 5.75. The van der Waals surface area contributed by atoms with E-state index in [2.05, 4.69) is 15.2 Å². The average molecular weight is 477 g/mol. The van der Waals surface area contributed by atoms with Gasteiger partial charge in [-0.25, -0.2) is 4.98 Å². The summed E-state index contributed by atoms with van der Waals surface area (Å²) in [4.78, 5) is 38.9. The van der Waals surface area contributed by atoms with Crippen LogP contribution in [0, 0.1) is 12.8 Å². The molecule has 0 saturated heterocycles. The van der Waals surface area contributed by atoms with Gasteiger partial charge in [-0.2, -0.15) is 4.98 Å². The van der Waals surface area contributed by atoms with Crippen molar-refractivity contribution in [1.29, 1.82) is 0 Å². The summed E-state index contributed by atoms with van der Waals surface area (Å²) in [6.07, 6.45) is 4.57.